The Bertz CT molecular complexity index is 1550. The number of nitrogens with one attached hydrogen (secondary N) is 1. The summed E-state index contributed by atoms with van der Waals surface area (Å²) < 4.78 is 29.2. The molecule has 5 atom stereocenters. The molecule has 38 heavy (non-hydrogen) atoms. The van der Waals surface area contributed by atoms with Crippen LogP contribution in [0.4, 0.5) is 26.4 Å². The van der Waals surface area contributed by atoms with Crippen molar-refractivity contribution in [2.24, 2.45) is 5.92 Å². The number of piperidine rings is 1. The Morgan fingerprint density at radius 3 is 2.58 bits per heavy atom. The number of rotatable bonds is 5. The average Bonchev–Trinajstić information content (AvgIpc) is 3.49. The molecule has 0 amide bonds. The Labute approximate surface area is 219 Å². The van der Waals surface area contributed by atoms with Crippen molar-refractivity contribution in [2.45, 2.75) is 50.8 Å². The number of fused-ring (bicyclic) bond motifs is 3. The smallest absolute Gasteiger partial charge is 0.225 e. The van der Waals surface area contributed by atoms with Crippen LogP contribution in [0.2, 0.25) is 0 Å². The van der Waals surface area contributed by atoms with E-state index in [1.807, 2.05) is 0 Å². The lowest BCUT2D eigenvalue weighted by atomic mass is 9.92. The molecule has 6 rings (SSSR count). The van der Waals surface area contributed by atoms with Crippen LogP contribution in [-0.4, -0.2) is 59.2 Å². The van der Waals surface area contributed by atoms with E-state index >= 15 is 0 Å². The van der Waals surface area contributed by atoms with E-state index in [-0.39, 0.29) is 29.7 Å². The maximum absolute atomic E-state index is 14.2. The Hall–Kier alpha value is -3.52. The zero-order valence-electron chi connectivity index (χ0n) is 20.4. The van der Waals surface area contributed by atoms with Crippen LogP contribution < -0.4 is 16.0 Å². The molecule has 1 saturated carbocycles. The van der Waals surface area contributed by atoms with Crippen molar-refractivity contribution in [3.05, 3.63) is 53.4 Å². The molecule has 0 radical (unpaired) electrons. The molecule has 1 aliphatic carbocycles. The maximum Gasteiger partial charge on any atom is 0.225 e. The van der Waals surface area contributed by atoms with E-state index in [0.29, 0.717) is 28.2 Å². The molecule has 2 bridgehead atoms. The first-order valence-corrected chi connectivity index (χ1v) is 12.8. The highest BCUT2D eigenvalue weighted by molar-refractivity contribution is 7.21. The van der Waals surface area contributed by atoms with Gasteiger partial charge in [-0.15, -0.1) is 11.3 Å². The SMILES string of the molecule is Cc1nc(NCc2c(F)cccc2F)nc(N2[C@@H]3C[C@@H](C(O)C3O)C2(C)O)c1-c1nc2c(N)nccc2s1. The Balaban J connectivity index is 1.49. The van der Waals surface area contributed by atoms with Crippen molar-refractivity contribution < 1.29 is 24.1 Å². The summed E-state index contributed by atoms with van der Waals surface area (Å²) in [6, 6.07) is 4.77. The fourth-order valence-electron chi connectivity index (χ4n) is 5.61. The number of pyridine rings is 1. The highest BCUT2D eigenvalue weighted by Gasteiger charge is 2.63. The minimum atomic E-state index is -1.55. The van der Waals surface area contributed by atoms with Crippen LogP contribution in [0.25, 0.3) is 20.8 Å². The van der Waals surface area contributed by atoms with E-state index in [2.05, 4.69) is 25.3 Å². The van der Waals surface area contributed by atoms with Gasteiger partial charge in [-0.2, -0.15) is 4.98 Å². The van der Waals surface area contributed by atoms with Crippen molar-refractivity contribution in [3.8, 4) is 10.6 Å². The summed E-state index contributed by atoms with van der Waals surface area (Å²) in [6.07, 6.45) is -0.270. The number of aromatic nitrogens is 4. The molecule has 4 heterocycles. The van der Waals surface area contributed by atoms with Gasteiger partial charge in [0, 0.05) is 24.2 Å². The predicted octanol–water partition coefficient (Wildman–Crippen LogP) is 2.57. The van der Waals surface area contributed by atoms with Gasteiger partial charge in [0.05, 0.1) is 28.1 Å². The molecule has 1 saturated heterocycles. The van der Waals surface area contributed by atoms with Gasteiger partial charge in [-0.1, -0.05) is 6.07 Å². The van der Waals surface area contributed by atoms with Crippen LogP contribution in [0.1, 0.15) is 24.6 Å². The van der Waals surface area contributed by atoms with E-state index in [9.17, 15) is 24.1 Å². The molecule has 4 aromatic rings. The van der Waals surface area contributed by atoms with Crippen molar-refractivity contribution in [3.63, 3.8) is 0 Å². The zero-order chi connectivity index (χ0) is 26.9. The number of benzene rings is 1. The molecule has 3 unspecified atom stereocenters. The summed E-state index contributed by atoms with van der Waals surface area (Å²) in [4.78, 5) is 19.5. The van der Waals surface area contributed by atoms with Crippen LogP contribution in [0, 0.1) is 24.5 Å². The quantitative estimate of drug-likeness (QED) is 0.255. The number of aliphatic hydroxyl groups is 3. The molecule has 2 aliphatic rings. The molecule has 6 N–H and O–H groups in total. The lowest BCUT2D eigenvalue weighted by molar-refractivity contribution is -0.0918. The van der Waals surface area contributed by atoms with Crippen LogP contribution in [0.3, 0.4) is 0 Å². The second-order valence-corrected chi connectivity index (χ2v) is 10.8. The van der Waals surface area contributed by atoms with Gasteiger partial charge in [-0.05, 0) is 38.5 Å². The minimum Gasteiger partial charge on any atom is -0.390 e. The number of hydrogen-bond donors (Lipinski definition) is 5. The number of aryl methyl sites for hydroxylation is 1. The number of nitrogens with zero attached hydrogens (tertiary/aromatic N) is 5. The van der Waals surface area contributed by atoms with Gasteiger partial charge in [0.15, 0.2) is 5.82 Å². The average molecular weight is 542 g/mol. The Kier molecular flexibility index (Phi) is 5.72. The van der Waals surface area contributed by atoms with E-state index in [1.54, 1.807) is 31.0 Å². The summed E-state index contributed by atoms with van der Waals surface area (Å²) in [5.74, 6) is -1.43. The number of anilines is 3. The Morgan fingerprint density at radius 1 is 1.16 bits per heavy atom. The van der Waals surface area contributed by atoms with Crippen LogP contribution in [0.5, 0.6) is 0 Å². The number of thiazole rings is 1. The van der Waals surface area contributed by atoms with Gasteiger partial charge in [0.2, 0.25) is 5.95 Å². The van der Waals surface area contributed by atoms with Gasteiger partial charge >= 0.3 is 0 Å². The number of nitrogens with two attached hydrogens (primary N) is 1. The Morgan fingerprint density at radius 2 is 1.89 bits per heavy atom. The zero-order valence-corrected chi connectivity index (χ0v) is 21.2. The minimum absolute atomic E-state index is 0.0693. The standard InChI is InChI=1S/C25H25F2N7O3S/c1-10-17(23-32-18-16(38-23)6-7-29-21(18)28)22(34-15-8-12(25(34,2)37)19(35)20(15)36)33-24(31-10)30-9-11-13(26)4-3-5-14(11)27/h3-7,12,15,19-20,35-37H,8-9H2,1-2H3,(H2,28,29)(H,30,31,33)/t12-,15+,19?,20?,25?/m0/s1. The number of nitrogen functional groups attached to an aromatic ring is 1. The monoisotopic (exact) mass is 541 g/mol. The maximum atomic E-state index is 14.2. The molecular weight excluding hydrogens is 516 g/mol. The fraction of sp³-hybridized carbons (Fsp3) is 0.360. The van der Waals surface area contributed by atoms with Gasteiger partial charge < -0.3 is 31.3 Å². The molecule has 13 heteroatoms. The molecule has 1 aromatic carbocycles. The second kappa shape index (κ2) is 8.76. The van der Waals surface area contributed by atoms with E-state index < -0.39 is 41.5 Å². The van der Waals surface area contributed by atoms with Crippen LogP contribution in [-0.2, 0) is 6.54 Å². The first-order valence-electron chi connectivity index (χ1n) is 12.0. The number of aliphatic hydroxyl groups excluding tert-OH is 2. The topological polar surface area (TPSA) is 154 Å². The molecule has 1 aliphatic heterocycles. The van der Waals surface area contributed by atoms with Crippen molar-refractivity contribution >= 4 is 39.1 Å². The summed E-state index contributed by atoms with van der Waals surface area (Å²) >= 11 is 1.34. The van der Waals surface area contributed by atoms with Crippen molar-refractivity contribution in [2.75, 3.05) is 16.0 Å². The van der Waals surface area contributed by atoms with E-state index in [0.717, 1.165) is 4.70 Å². The highest BCUT2D eigenvalue weighted by atomic mass is 32.1. The molecule has 2 fully saturated rings. The van der Waals surface area contributed by atoms with Gasteiger partial charge in [0.1, 0.15) is 39.8 Å². The van der Waals surface area contributed by atoms with Gasteiger partial charge in [-0.3, -0.25) is 0 Å². The number of hydrogen-bond acceptors (Lipinski definition) is 11. The van der Waals surface area contributed by atoms with Gasteiger partial charge in [0.25, 0.3) is 0 Å². The van der Waals surface area contributed by atoms with Crippen molar-refractivity contribution in [1.82, 2.24) is 19.9 Å². The molecule has 10 nitrogen and oxygen atoms in total. The molecule has 0 spiro atoms. The molecular formula is C25H25F2N7O3S. The second-order valence-electron chi connectivity index (χ2n) is 9.80. The summed E-state index contributed by atoms with van der Waals surface area (Å²) in [5.41, 5.74) is 5.81. The van der Waals surface area contributed by atoms with Gasteiger partial charge in [-0.25, -0.2) is 23.7 Å². The number of halogens is 2. The van der Waals surface area contributed by atoms with Crippen LogP contribution in [0.15, 0.2) is 30.5 Å². The van der Waals surface area contributed by atoms with E-state index in [1.165, 1.54) is 29.5 Å². The van der Waals surface area contributed by atoms with Crippen molar-refractivity contribution in [1.29, 1.82) is 0 Å². The predicted molar refractivity (Wildman–Crippen MR) is 138 cm³/mol. The third-order valence-electron chi connectivity index (χ3n) is 7.51. The summed E-state index contributed by atoms with van der Waals surface area (Å²) in [5, 5.41) is 36.2. The largest absolute Gasteiger partial charge is 0.390 e. The lowest BCUT2D eigenvalue weighted by Gasteiger charge is -2.45. The third kappa shape index (κ3) is 3.68. The first kappa shape index (κ1) is 24.8. The molecule has 198 valence electrons. The van der Waals surface area contributed by atoms with E-state index in [4.69, 9.17) is 5.73 Å². The summed E-state index contributed by atoms with van der Waals surface area (Å²) in [6.45, 7) is 3.08. The highest BCUT2D eigenvalue weighted by Crippen LogP contribution is 2.52. The first-order chi connectivity index (χ1) is 18.1. The fourth-order valence-corrected chi connectivity index (χ4v) is 6.67. The summed E-state index contributed by atoms with van der Waals surface area (Å²) in [7, 11) is 0. The molecule has 3 aromatic heterocycles. The normalized spacial score (nSPS) is 26.4. The third-order valence-corrected chi connectivity index (χ3v) is 8.55. The van der Waals surface area contributed by atoms with Crippen LogP contribution >= 0.6 is 11.3 Å². The lowest BCUT2D eigenvalue weighted by Crippen LogP contribution is -2.61.